The van der Waals surface area contributed by atoms with Crippen LogP contribution in [0.3, 0.4) is 0 Å². The average molecular weight is 503 g/mol. The number of ether oxygens (including phenoxy) is 1. The number of amides is 1. The van der Waals surface area contributed by atoms with E-state index in [0.29, 0.717) is 12.2 Å². The second-order valence-corrected chi connectivity index (χ2v) is 8.14. The van der Waals surface area contributed by atoms with E-state index < -0.39 is 23.3 Å². The van der Waals surface area contributed by atoms with Crippen LogP contribution in [0, 0.1) is 5.92 Å². The molecular formula is C23H23BrN2O6. The van der Waals surface area contributed by atoms with E-state index in [4.69, 9.17) is 9.15 Å². The van der Waals surface area contributed by atoms with E-state index in [2.05, 4.69) is 26.8 Å². The maximum atomic E-state index is 12.8. The van der Waals surface area contributed by atoms with E-state index in [-0.39, 0.29) is 29.3 Å². The first-order valence-electron chi connectivity index (χ1n) is 10.0. The fourth-order valence-corrected chi connectivity index (χ4v) is 3.47. The van der Waals surface area contributed by atoms with Gasteiger partial charge in [0.05, 0.1) is 0 Å². The van der Waals surface area contributed by atoms with Gasteiger partial charge < -0.3 is 14.3 Å². The van der Waals surface area contributed by atoms with Crippen LogP contribution in [0.15, 0.2) is 62.2 Å². The zero-order valence-electron chi connectivity index (χ0n) is 17.6. The predicted molar refractivity (Wildman–Crippen MR) is 122 cm³/mol. The number of hydrogen-bond acceptors (Lipinski definition) is 6. The van der Waals surface area contributed by atoms with Crippen LogP contribution in [-0.2, 0) is 11.4 Å². The largest absolute Gasteiger partial charge is 0.488 e. The Bertz CT molecular complexity index is 1190. The van der Waals surface area contributed by atoms with Crippen LogP contribution in [0.1, 0.15) is 36.4 Å². The van der Waals surface area contributed by atoms with Crippen LogP contribution in [0.25, 0.3) is 11.0 Å². The van der Waals surface area contributed by atoms with Gasteiger partial charge in [-0.05, 0) is 24.1 Å². The quantitative estimate of drug-likeness (QED) is 0.380. The van der Waals surface area contributed by atoms with Crippen molar-refractivity contribution in [1.82, 2.24) is 10.9 Å². The van der Waals surface area contributed by atoms with Crippen molar-refractivity contribution in [3.63, 3.8) is 0 Å². The van der Waals surface area contributed by atoms with E-state index in [9.17, 15) is 19.5 Å². The molecule has 2 aromatic carbocycles. The van der Waals surface area contributed by atoms with Gasteiger partial charge in [0.2, 0.25) is 0 Å². The highest BCUT2D eigenvalue weighted by molar-refractivity contribution is 9.10. The number of carboxylic acids is 1. The van der Waals surface area contributed by atoms with Crippen LogP contribution >= 0.6 is 15.9 Å². The molecule has 0 saturated heterocycles. The molecule has 0 fully saturated rings. The number of carbonyl (C=O) groups excluding carboxylic acids is 1. The van der Waals surface area contributed by atoms with Gasteiger partial charge in [0.25, 0.3) is 0 Å². The third-order valence-electron chi connectivity index (χ3n) is 5.10. The van der Waals surface area contributed by atoms with Crippen LogP contribution in [0.5, 0.6) is 5.75 Å². The highest BCUT2D eigenvalue weighted by Crippen LogP contribution is 2.25. The Hall–Kier alpha value is -3.17. The molecule has 1 amide bonds. The molecule has 168 valence electrons. The molecule has 0 aliphatic carbocycles. The zero-order valence-corrected chi connectivity index (χ0v) is 19.1. The van der Waals surface area contributed by atoms with Crippen LogP contribution < -0.4 is 21.0 Å². The molecule has 0 bridgehead atoms. The number of hydrazine groups is 1. The van der Waals surface area contributed by atoms with Gasteiger partial charge >= 0.3 is 11.9 Å². The Balaban J connectivity index is 1.81. The van der Waals surface area contributed by atoms with E-state index in [1.165, 1.54) is 0 Å². The number of carbonyl (C=O) groups is 2. The third-order valence-corrected chi connectivity index (χ3v) is 5.88. The molecule has 32 heavy (non-hydrogen) atoms. The summed E-state index contributed by atoms with van der Waals surface area (Å²) in [6, 6.07) is 12.5. The smallest absolute Gasteiger partial charge is 0.322 e. The summed E-state index contributed by atoms with van der Waals surface area (Å²) in [5.74, 6) is -1.98. The molecule has 1 heterocycles. The first kappa shape index (κ1) is 23.5. The molecule has 0 unspecified atom stereocenters. The van der Waals surface area contributed by atoms with Crippen molar-refractivity contribution in [2.24, 2.45) is 5.92 Å². The highest BCUT2D eigenvalue weighted by Gasteiger charge is 2.24. The summed E-state index contributed by atoms with van der Waals surface area (Å²) in [7, 11) is 0. The van der Waals surface area contributed by atoms with Crippen molar-refractivity contribution in [1.29, 1.82) is 0 Å². The summed E-state index contributed by atoms with van der Waals surface area (Å²) in [5.41, 5.74) is 5.46. The van der Waals surface area contributed by atoms with E-state index in [1.807, 2.05) is 31.2 Å². The normalized spacial score (nSPS) is 12.8. The van der Waals surface area contributed by atoms with Crippen molar-refractivity contribution >= 4 is 38.8 Å². The lowest BCUT2D eigenvalue weighted by atomic mass is 10.0. The highest BCUT2D eigenvalue weighted by atomic mass is 79.9. The third kappa shape index (κ3) is 5.35. The second-order valence-electron chi connectivity index (χ2n) is 7.28. The van der Waals surface area contributed by atoms with E-state index in [0.717, 1.165) is 16.1 Å². The number of hydrogen-bond donors (Lipinski definition) is 3. The van der Waals surface area contributed by atoms with Crippen molar-refractivity contribution in [2.45, 2.75) is 32.9 Å². The molecule has 3 N–H and O–H groups in total. The second kappa shape index (κ2) is 10.4. The molecule has 0 radical (unpaired) electrons. The molecule has 3 aromatic rings. The Labute approximate surface area is 192 Å². The van der Waals surface area contributed by atoms with Gasteiger partial charge in [-0.2, -0.15) is 0 Å². The Kier molecular flexibility index (Phi) is 7.66. The molecular weight excluding hydrogens is 480 g/mol. The van der Waals surface area contributed by atoms with Crippen molar-refractivity contribution in [2.75, 3.05) is 0 Å². The maximum Gasteiger partial charge on any atom is 0.322 e. The van der Waals surface area contributed by atoms with Gasteiger partial charge in [0.1, 0.15) is 29.4 Å². The SMILES string of the molecule is CC[C@@H](C)[C@H](NNC(=O)c1cc(=O)c2c(OCc3ccccc3Br)cccc2o1)C(=O)O. The minimum atomic E-state index is -1.09. The number of carboxylic acid groups (broad SMARTS) is 1. The Morgan fingerprint density at radius 2 is 1.94 bits per heavy atom. The van der Waals surface area contributed by atoms with Gasteiger partial charge in [-0.25, -0.2) is 5.43 Å². The lowest BCUT2D eigenvalue weighted by Crippen LogP contribution is -2.51. The van der Waals surface area contributed by atoms with E-state index in [1.54, 1.807) is 25.1 Å². The number of halogens is 1. The molecule has 3 rings (SSSR count). The molecule has 8 nitrogen and oxygen atoms in total. The molecule has 2 atom stereocenters. The molecule has 9 heteroatoms. The summed E-state index contributed by atoms with van der Waals surface area (Å²) in [6.07, 6.45) is 0.604. The summed E-state index contributed by atoms with van der Waals surface area (Å²) >= 11 is 3.46. The van der Waals surface area contributed by atoms with Gasteiger partial charge in [0.15, 0.2) is 11.2 Å². The van der Waals surface area contributed by atoms with Crippen molar-refractivity contribution in [3.8, 4) is 5.75 Å². The lowest BCUT2D eigenvalue weighted by Gasteiger charge is -2.20. The van der Waals surface area contributed by atoms with Gasteiger partial charge in [-0.1, -0.05) is 60.5 Å². The minimum Gasteiger partial charge on any atom is -0.488 e. The standard InChI is InChI=1S/C23H23BrN2O6/c1-3-13(2)21(23(29)30)25-26-22(28)19-11-16(27)20-17(9-6-10-18(20)32-19)31-12-14-7-4-5-8-15(14)24/h4-11,13,21,25H,3,12H2,1-2H3,(H,26,28)(H,29,30)/t13-,21+/m1/s1. The molecule has 0 spiro atoms. The molecule has 0 aliphatic rings. The monoisotopic (exact) mass is 502 g/mol. The first-order chi connectivity index (χ1) is 15.3. The predicted octanol–water partition coefficient (Wildman–Crippen LogP) is 3.87. The lowest BCUT2D eigenvalue weighted by molar-refractivity contribution is -0.141. The summed E-state index contributed by atoms with van der Waals surface area (Å²) in [6.45, 7) is 3.84. The molecule has 0 saturated carbocycles. The number of fused-ring (bicyclic) bond motifs is 1. The molecule has 1 aromatic heterocycles. The zero-order chi connectivity index (χ0) is 23.3. The average Bonchev–Trinajstić information content (AvgIpc) is 2.77. The first-order valence-corrected chi connectivity index (χ1v) is 10.8. The topological polar surface area (TPSA) is 118 Å². The number of rotatable bonds is 9. The van der Waals surface area contributed by atoms with Crippen LogP contribution in [0.2, 0.25) is 0 Å². The fourth-order valence-electron chi connectivity index (χ4n) is 3.07. The van der Waals surface area contributed by atoms with Gasteiger partial charge in [-0.3, -0.25) is 19.8 Å². The summed E-state index contributed by atoms with van der Waals surface area (Å²) in [5, 5.41) is 9.54. The maximum absolute atomic E-state index is 12.8. The Morgan fingerprint density at radius 1 is 1.19 bits per heavy atom. The van der Waals surface area contributed by atoms with E-state index >= 15 is 0 Å². The number of aliphatic carboxylic acids is 1. The summed E-state index contributed by atoms with van der Waals surface area (Å²) in [4.78, 5) is 36.6. The number of benzene rings is 2. The van der Waals surface area contributed by atoms with Crippen molar-refractivity contribution < 1.29 is 23.8 Å². The Morgan fingerprint density at radius 3 is 2.62 bits per heavy atom. The van der Waals surface area contributed by atoms with Gasteiger partial charge in [0, 0.05) is 16.1 Å². The molecule has 0 aliphatic heterocycles. The fraction of sp³-hybridized carbons (Fsp3) is 0.261. The summed E-state index contributed by atoms with van der Waals surface area (Å²) < 4.78 is 12.3. The van der Waals surface area contributed by atoms with Crippen molar-refractivity contribution in [3.05, 3.63) is 74.6 Å². The van der Waals surface area contributed by atoms with Gasteiger partial charge in [-0.15, -0.1) is 0 Å². The van der Waals surface area contributed by atoms with Crippen LogP contribution in [-0.4, -0.2) is 23.0 Å². The van der Waals surface area contributed by atoms with Crippen LogP contribution in [0.4, 0.5) is 0 Å². The minimum absolute atomic E-state index is 0.184. The number of nitrogens with one attached hydrogen (secondary N) is 2.